The molecule has 1 aromatic heterocycles. The van der Waals surface area contributed by atoms with Crippen molar-refractivity contribution >= 4 is 12.3 Å². The number of nitrogens with one attached hydrogen (secondary N) is 1. The van der Waals surface area contributed by atoms with E-state index in [0.717, 1.165) is 31.5 Å². The van der Waals surface area contributed by atoms with Gasteiger partial charge in [-0.25, -0.2) is 0 Å². The smallest absolute Gasteiger partial charge is 0.379 e. The van der Waals surface area contributed by atoms with Gasteiger partial charge in [0, 0.05) is 70.3 Å². The van der Waals surface area contributed by atoms with Gasteiger partial charge >= 0.3 is 6.18 Å². The van der Waals surface area contributed by atoms with Gasteiger partial charge in [-0.15, -0.1) is 0 Å². The third-order valence-electron chi connectivity index (χ3n) is 8.19. The number of rotatable bonds is 5. The highest BCUT2D eigenvalue weighted by Gasteiger charge is 2.59. The highest BCUT2D eigenvalue weighted by Crippen LogP contribution is 2.50. The Balaban J connectivity index is 1.35. The summed E-state index contributed by atoms with van der Waals surface area (Å²) in [7, 11) is 1.66. The molecule has 3 fully saturated rings. The van der Waals surface area contributed by atoms with Crippen molar-refractivity contribution in [2.24, 2.45) is 11.3 Å². The lowest BCUT2D eigenvalue weighted by molar-refractivity contribution is -0.144. The second-order valence-electron chi connectivity index (χ2n) is 10.2. The summed E-state index contributed by atoms with van der Waals surface area (Å²) >= 11 is 0. The van der Waals surface area contributed by atoms with Crippen LogP contribution in [0, 0.1) is 11.3 Å². The van der Waals surface area contributed by atoms with Crippen LogP contribution in [0.3, 0.4) is 0 Å². The number of pyridine rings is 1. The topological polar surface area (TPSA) is 84.0 Å². The van der Waals surface area contributed by atoms with Gasteiger partial charge in [-0.3, -0.25) is 14.6 Å². The number of halogens is 3. The quantitative estimate of drug-likeness (QED) is 0.624. The van der Waals surface area contributed by atoms with E-state index >= 15 is 0 Å². The van der Waals surface area contributed by atoms with Crippen molar-refractivity contribution in [3.05, 3.63) is 29.1 Å². The molecule has 5 unspecified atom stereocenters. The van der Waals surface area contributed by atoms with Gasteiger partial charge in [0.15, 0.2) is 0 Å². The van der Waals surface area contributed by atoms with Crippen LogP contribution >= 0.6 is 0 Å². The van der Waals surface area contributed by atoms with Crippen LogP contribution in [-0.4, -0.2) is 85.2 Å². The molecule has 4 heterocycles. The highest BCUT2D eigenvalue weighted by molar-refractivity contribution is 5.85. The molecular weight excluding hydrogens is 465 g/mol. The zero-order chi connectivity index (χ0) is 24.8. The van der Waals surface area contributed by atoms with E-state index < -0.39 is 17.2 Å². The monoisotopic (exact) mass is 496 g/mol. The van der Waals surface area contributed by atoms with Crippen LogP contribution in [0.4, 0.5) is 13.2 Å². The van der Waals surface area contributed by atoms with E-state index in [4.69, 9.17) is 9.47 Å². The summed E-state index contributed by atoms with van der Waals surface area (Å²) in [6, 6.07) is 1.33. The lowest BCUT2D eigenvalue weighted by atomic mass is 9.78. The molecule has 0 radical (unpaired) electrons. The molecule has 2 saturated heterocycles. The van der Waals surface area contributed by atoms with Crippen molar-refractivity contribution < 1.29 is 32.2 Å². The van der Waals surface area contributed by atoms with Crippen molar-refractivity contribution in [3.63, 3.8) is 0 Å². The first-order valence-electron chi connectivity index (χ1n) is 12.1. The summed E-state index contributed by atoms with van der Waals surface area (Å²) in [5, 5.41) is 3.68. The van der Waals surface area contributed by atoms with Crippen molar-refractivity contribution in [1.82, 2.24) is 20.1 Å². The molecule has 1 saturated carbocycles. The van der Waals surface area contributed by atoms with E-state index in [9.17, 15) is 22.8 Å². The van der Waals surface area contributed by atoms with E-state index in [2.05, 4.69) is 10.3 Å². The number of aromatic nitrogens is 1. The second kappa shape index (κ2) is 9.33. The Labute approximate surface area is 202 Å². The molecule has 1 aromatic rings. The SMILES string of the molecule is COC1COCCC1NC1CC2CN(C=O)CC2(C(=O)N2CCc3ncc(C(F)(F)F)cc3C2)C1. The predicted molar refractivity (Wildman–Crippen MR) is 118 cm³/mol. The van der Waals surface area contributed by atoms with Gasteiger partial charge in [-0.2, -0.15) is 13.2 Å². The van der Waals surface area contributed by atoms with Gasteiger partial charge in [0.2, 0.25) is 12.3 Å². The van der Waals surface area contributed by atoms with Gasteiger partial charge in [0.25, 0.3) is 0 Å². The molecule has 0 bridgehead atoms. The fourth-order valence-electron chi connectivity index (χ4n) is 6.46. The molecule has 5 atom stereocenters. The average molecular weight is 497 g/mol. The van der Waals surface area contributed by atoms with Gasteiger partial charge < -0.3 is 24.6 Å². The zero-order valence-corrected chi connectivity index (χ0v) is 19.7. The Bertz CT molecular complexity index is 977. The Hall–Kier alpha value is -2.24. The van der Waals surface area contributed by atoms with Gasteiger partial charge in [-0.05, 0) is 36.8 Å². The van der Waals surface area contributed by atoms with Crippen LogP contribution in [0.5, 0.6) is 0 Å². The Morgan fingerprint density at radius 2 is 2.23 bits per heavy atom. The van der Waals surface area contributed by atoms with Gasteiger partial charge in [0.1, 0.15) is 0 Å². The average Bonchev–Trinajstić information content (AvgIpc) is 3.37. The molecule has 3 aliphatic heterocycles. The summed E-state index contributed by atoms with van der Waals surface area (Å²) in [5.41, 5.74) is -0.494. The number of carbonyl (C=O) groups is 2. The number of likely N-dealkylation sites (tertiary alicyclic amines) is 1. The molecule has 11 heteroatoms. The molecule has 4 aliphatic rings. The second-order valence-corrected chi connectivity index (χ2v) is 10.2. The molecule has 35 heavy (non-hydrogen) atoms. The third-order valence-corrected chi connectivity index (χ3v) is 8.19. The lowest BCUT2D eigenvalue weighted by Gasteiger charge is -2.37. The first kappa shape index (κ1) is 24.5. The summed E-state index contributed by atoms with van der Waals surface area (Å²) in [4.78, 5) is 32.9. The van der Waals surface area contributed by atoms with E-state index in [0.29, 0.717) is 56.9 Å². The number of hydrogen-bond acceptors (Lipinski definition) is 6. The fourth-order valence-corrected chi connectivity index (χ4v) is 6.46. The number of fused-ring (bicyclic) bond motifs is 2. The first-order valence-corrected chi connectivity index (χ1v) is 12.1. The third kappa shape index (κ3) is 4.53. The lowest BCUT2D eigenvalue weighted by Crippen LogP contribution is -2.52. The summed E-state index contributed by atoms with van der Waals surface area (Å²) < 4.78 is 50.8. The maximum atomic E-state index is 14.0. The fraction of sp³-hybridized carbons (Fsp3) is 0.708. The van der Waals surface area contributed by atoms with Crippen molar-refractivity contribution in [2.45, 2.75) is 56.6 Å². The number of ether oxygens (including phenoxy) is 2. The minimum atomic E-state index is -4.48. The molecule has 192 valence electrons. The molecule has 1 N–H and O–H groups in total. The van der Waals surface area contributed by atoms with E-state index in [1.165, 1.54) is 0 Å². The Kier molecular flexibility index (Phi) is 6.52. The highest BCUT2D eigenvalue weighted by atomic mass is 19.4. The number of methoxy groups -OCH3 is 1. The predicted octanol–water partition coefficient (Wildman–Crippen LogP) is 1.62. The summed E-state index contributed by atoms with van der Waals surface area (Å²) in [6.07, 6.45) is -0.317. The maximum absolute atomic E-state index is 14.0. The van der Waals surface area contributed by atoms with E-state index in [-0.39, 0.29) is 36.6 Å². The van der Waals surface area contributed by atoms with Crippen molar-refractivity contribution in [1.29, 1.82) is 0 Å². The standard InChI is InChI=1S/C24H31F3N4O4/c1-34-21-12-35-5-3-20(21)29-18-7-17-11-30(14-32)13-23(17,8-18)22(33)31-4-2-19-15(10-31)6-16(9-28-19)24(25,26)27/h6,9,14,17-18,20-21,29H,2-5,7-8,10-13H2,1H3. The van der Waals surface area contributed by atoms with Crippen LogP contribution in [0.1, 0.15) is 36.1 Å². The molecule has 1 aliphatic carbocycles. The molecule has 5 rings (SSSR count). The van der Waals surface area contributed by atoms with Crippen LogP contribution in [0.2, 0.25) is 0 Å². The Morgan fingerprint density at radius 3 is 2.97 bits per heavy atom. The van der Waals surface area contributed by atoms with E-state index in [1.54, 1.807) is 16.9 Å². The van der Waals surface area contributed by atoms with Crippen molar-refractivity contribution in [3.8, 4) is 0 Å². The first-order chi connectivity index (χ1) is 16.7. The van der Waals surface area contributed by atoms with Crippen LogP contribution in [0.15, 0.2) is 12.3 Å². The molecular formula is C24H31F3N4O4. The zero-order valence-electron chi connectivity index (χ0n) is 19.7. The molecule has 0 spiro atoms. The van der Waals surface area contributed by atoms with Crippen LogP contribution in [0.25, 0.3) is 0 Å². The number of alkyl halides is 3. The number of amides is 2. The Morgan fingerprint density at radius 1 is 1.40 bits per heavy atom. The number of hydrogen-bond donors (Lipinski definition) is 1. The summed E-state index contributed by atoms with van der Waals surface area (Å²) in [5.74, 6) is -0.0750. The minimum absolute atomic E-state index is 0.000401. The van der Waals surface area contributed by atoms with E-state index in [1.807, 2.05) is 0 Å². The summed E-state index contributed by atoms with van der Waals surface area (Å²) in [6.45, 7) is 2.53. The minimum Gasteiger partial charge on any atom is -0.379 e. The normalized spacial score (nSPS) is 32.9. The molecule has 0 aromatic carbocycles. The number of carbonyl (C=O) groups excluding carboxylic acids is 2. The maximum Gasteiger partial charge on any atom is 0.417 e. The van der Waals surface area contributed by atoms with Crippen LogP contribution < -0.4 is 5.32 Å². The van der Waals surface area contributed by atoms with Gasteiger partial charge in [-0.1, -0.05) is 0 Å². The number of nitrogens with zero attached hydrogens (tertiary/aromatic N) is 3. The molecule has 8 nitrogen and oxygen atoms in total. The van der Waals surface area contributed by atoms with Crippen LogP contribution in [-0.2, 0) is 38.2 Å². The largest absolute Gasteiger partial charge is 0.417 e. The van der Waals surface area contributed by atoms with Gasteiger partial charge in [0.05, 0.1) is 23.7 Å². The van der Waals surface area contributed by atoms with Crippen molar-refractivity contribution in [2.75, 3.05) is 40.0 Å². The molecule has 2 amide bonds.